The van der Waals surface area contributed by atoms with Crippen molar-refractivity contribution in [2.75, 3.05) is 13.2 Å². The van der Waals surface area contributed by atoms with E-state index in [0.29, 0.717) is 35.8 Å². The molecule has 0 aromatic heterocycles. The molecule has 180 valence electrons. The van der Waals surface area contributed by atoms with Gasteiger partial charge in [0.15, 0.2) is 11.5 Å². The van der Waals surface area contributed by atoms with Crippen LogP contribution in [0.15, 0.2) is 72.3 Å². The van der Waals surface area contributed by atoms with Crippen LogP contribution in [0.3, 0.4) is 0 Å². The summed E-state index contributed by atoms with van der Waals surface area (Å²) in [5, 5.41) is 12.4. The first-order valence-electron chi connectivity index (χ1n) is 11.3. The second-order valence-corrected chi connectivity index (χ2v) is 8.86. The van der Waals surface area contributed by atoms with Crippen LogP contribution in [-0.4, -0.2) is 19.1 Å². The number of ether oxygens (including phenoxy) is 2. The van der Waals surface area contributed by atoms with Crippen LogP contribution in [0, 0.1) is 20.7 Å². The van der Waals surface area contributed by atoms with Gasteiger partial charge in [0.1, 0.15) is 24.1 Å². The van der Waals surface area contributed by atoms with Crippen molar-refractivity contribution in [3.63, 3.8) is 0 Å². The van der Waals surface area contributed by atoms with E-state index >= 15 is 0 Å². The average molecular weight is 584 g/mol. The zero-order chi connectivity index (χ0) is 25.0. The van der Waals surface area contributed by atoms with E-state index in [0.717, 1.165) is 16.4 Å². The third-order valence-corrected chi connectivity index (χ3v) is 5.85. The molecular formula is C28H26FIN2O3. The highest BCUT2D eigenvalue weighted by molar-refractivity contribution is 14.1. The predicted molar refractivity (Wildman–Crippen MR) is 142 cm³/mol. The summed E-state index contributed by atoms with van der Waals surface area (Å²) in [6.45, 7) is 2.92. The molecule has 0 aliphatic heterocycles. The van der Waals surface area contributed by atoms with Crippen LogP contribution in [0.4, 0.5) is 4.39 Å². The van der Waals surface area contributed by atoms with Gasteiger partial charge in [0.2, 0.25) is 0 Å². The molecule has 0 heterocycles. The highest BCUT2D eigenvalue weighted by Gasteiger charge is 2.14. The number of carbonyl (C=O) groups excluding carboxylic acids is 1. The Kier molecular flexibility index (Phi) is 10.1. The summed E-state index contributed by atoms with van der Waals surface area (Å²) in [5.41, 5.74) is 2.56. The number of hydrogen-bond acceptors (Lipinski definition) is 4. The van der Waals surface area contributed by atoms with Gasteiger partial charge in [-0.25, -0.2) is 4.39 Å². The molecule has 0 aliphatic carbocycles. The lowest BCUT2D eigenvalue weighted by Gasteiger charge is -2.15. The predicted octanol–water partition coefficient (Wildman–Crippen LogP) is 6.06. The van der Waals surface area contributed by atoms with Crippen molar-refractivity contribution in [2.45, 2.75) is 26.4 Å². The summed E-state index contributed by atoms with van der Waals surface area (Å²) in [4.78, 5) is 12.5. The second-order valence-electron chi connectivity index (χ2n) is 7.70. The maximum absolute atomic E-state index is 13.5. The maximum Gasteiger partial charge on any atom is 0.261 e. The van der Waals surface area contributed by atoms with Gasteiger partial charge in [-0.1, -0.05) is 42.5 Å². The lowest BCUT2D eigenvalue weighted by Crippen LogP contribution is -2.25. The third kappa shape index (κ3) is 8.11. The zero-order valence-corrected chi connectivity index (χ0v) is 21.5. The van der Waals surface area contributed by atoms with Crippen LogP contribution in [0.1, 0.15) is 30.0 Å². The summed E-state index contributed by atoms with van der Waals surface area (Å²) in [7, 11) is 0. The summed E-state index contributed by atoms with van der Waals surface area (Å²) < 4.78 is 25.9. The monoisotopic (exact) mass is 584 g/mol. The van der Waals surface area contributed by atoms with E-state index in [1.807, 2.05) is 49.4 Å². The van der Waals surface area contributed by atoms with Crippen molar-refractivity contribution in [1.82, 2.24) is 5.32 Å². The molecular weight excluding hydrogens is 558 g/mol. The van der Waals surface area contributed by atoms with Gasteiger partial charge in [-0.3, -0.25) is 4.79 Å². The van der Waals surface area contributed by atoms with Gasteiger partial charge in [-0.05, 0) is 89.4 Å². The number of aryl methyl sites for hydroxylation is 1. The number of nitriles is 1. The molecule has 35 heavy (non-hydrogen) atoms. The highest BCUT2D eigenvalue weighted by Crippen LogP contribution is 2.35. The molecule has 0 radical (unpaired) electrons. The van der Waals surface area contributed by atoms with Crippen molar-refractivity contribution in [2.24, 2.45) is 0 Å². The molecule has 0 aliphatic rings. The minimum Gasteiger partial charge on any atom is -0.490 e. The van der Waals surface area contributed by atoms with Gasteiger partial charge in [-0.2, -0.15) is 5.26 Å². The molecule has 3 rings (SSSR count). The van der Waals surface area contributed by atoms with E-state index < -0.39 is 5.91 Å². The summed E-state index contributed by atoms with van der Waals surface area (Å²) in [6, 6.07) is 21.8. The largest absolute Gasteiger partial charge is 0.490 e. The number of rotatable bonds is 11. The van der Waals surface area contributed by atoms with Gasteiger partial charge in [0.25, 0.3) is 5.91 Å². The van der Waals surface area contributed by atoms with Gasteiger partial charge in [0, 0.05) is 6.54 Å². The lowest BCUT2D eigenvalue weighted by molar-refractivity contribution is -0.117. The Bertz CT molecular complexity index is 1220. The van der Waals surface area contributed by atoms with Crippen LogP contribution >= 0.6 is 22.6 Å². The molecule has 3 aromatic carbocycles. The standard InChI is InChI=1S/C28H26FIN2O3/c1-2-34-26-17-22(16-25(30)27(26)35-19-21-10-6-12-24(29)15-21)14-23(18-31)28(33)32-13-7-11-20-8-4-3-5-9-20/h3-6,8-10,12,14-17H,2,7,11,13,19H2,1H3,(H,32,33)/b23-14-. The Hall–Kier alpha value is -3.38. The van der Waals surface area contributed by atoms with Crippen molar-refractivity contribution >= 4 is 34.6 Å². The molecule has 0 atom stereocenters. The maximum atomic E-state index is 13.5. The van der Waals surface area contributed by atoms with E-state index in [-0.39, 0.29) is 18.0 Å². The summed E-state index contributed by atoms with van der Waals surface area (Å²) in [5.74, 6) is 0.272. The van der Waals surface area contributed by atoms with Crippen LogP contribution in [0.5, 0.6) is 11.5 Å². The molecule has 0 bridgehead atoms. The Labute approximate surface area is 218 Å². The zero-order valence-electron chi connectivity index (χ0n) is 19.4. The van der Waals surface area contributed by atoms with Crippen molar-refractivity contribution in [3.05, 3.63) is 98.4 Å². The number of nitrogens with zero attached hydrogens (tertiary/aromatic N) is 1. The minimum atomic E-state index is -0.417. The average Bonchev–Trinajstić information content (AvgIpc) is 2.85. The minimum absolute atomic E-state index is 0.0105. The molecule has 0 fully saturated rings. The molecule has 7 heteroatoms. The SMILES string of the molecule is CCOc1cc(/C=C(/C#N)C(=O)NCCCc2ccccc2)cc(I)c1OCc1cccc(F)c1. The fourth-order valence-electron chi connectivity index (χ4n) is 3.41. The van der Waals surface area contributed by atoms with E-state index in [1.54, 1.807) is 18.2 Å². The Morgan fingerprint density at radius 3 is 2.57 bits per heavy atom. The van der Waals surface area contributed by atoms with E-state index in [2.05, 4.69) is 27.9 Å². The summed E-state index contributed by atoms with van der Waals surface area (Å²) in [6.07, 6.45) is 3.16. The van der Waals surface area contributed by atoms with Crippen LogP contribution in [0.2, 0.25) is 0 Å². The number of hydrogen-bond donors (Lipinski definition) is 1. The second kappa shape index (κ2) is 13.5. The van der Waals surface area contributed by atoms with Crippen LogP contribution < -0.4 is 14.8 Å². The fourth-order valence-corrected chi connectivity index (χ4v) is 4.19. The molecule has 0 saturated heterocycles. The highest BCUT2D eigenvalue weighted by atomic mass is 127. The van der Waals surface area contributed by atoms with Crippen molar-refractivity contribution < 1.29 is 18.7 Å². The van der Waals surface area contributed by atoms with E-state index in [1.165, 1.54) is 23.8 Å². The number of amides is 1. The first kappa shape index (κ1) is 26.2. The molecule has 1 N–H and O–H groups in total. The molecule has 0 saturated carbocycles. The molecule has 5 nitrogen and oxygen atoms in total. The van der Waals surface area contributed by atoms with Crippen molar-refractivity contribution in [3.8, 4) is 17.6 Å². The quantitative estimate of drug-likeness (QED) is 0.129. The van der Waals surface area contributed by atoms with Gasteiger partial charge < -0.3 is 14.8 Å². The van der Waals surface area contributed by atoms with Gasteiger partial charge in [0.05, 0.1) is 10.2 Å². The lowest BCUT2D eigenvalue weighted by atomic mass is 10.1. The van der Waals surface area contributed by atoms with Crippen LogP contribution in [0.25, 0.3) is 6.08 Å². The smallest absolute Gasteiger partial charge is 0.261 e. The Morgan fingerprint density at radius 2 is 1.86 bits per heavy atom. The van der Waals surface area contributed by atoms with Gasteiger partial charge >= 0.3 is 0 Å². The summed E-state index contributed by atoms with van der Waals surface area (Å²) >= 11 is 2.12. The Balaban J connectivity index is 1.68. The molecule has 0 spiro atoms. The third-order valence-electron chi connectivity index (χ3n) is 5.05. The molecule has 1 amide bonds. The number of halogens is 2. The van der Waals surface area contributed by atoms with Gasteiger partial charge in [-0.15, -0.1) is 0 Å². The Morgan fingerprint density at radius 1 is 1.09 bits per heavy atom. The van der Waals surface area contributed by atoms with E-state index in [4.69, 9.17) is 9.47 Å². The first-order valence-corrected chi connectivity index (χ1v) is 12.4. The topological polar surface area (TPSA) is 71.3 Å². The molecule has 3 aromatic rings. The van der Waals surface area contributed by atoms with E-state index in [9.17, 15) is 14.4 Å². The molecule has 0 unspecified atom stereocenters. The van der Waals surface area contributed by atoms with Crippen molar-refractivity contribution in [1.29, 1.82) is 5.26 Å². The fraction of sp³-hybridized carbons (Fsp3) is 0.214. The normalized spacial score (nSPS) is 11.0. The number of nitrogens with one attached hydrogen (secondary N) is 1. The number of carbonyl (C=O) groups is 1. The first-order chi connectivity index (χ1) is 17.0. The van der Waals surface area contributed by atoms with Crippen LogP contribution in [-0.2, 0) is 17.8 Å². The number of benzene rings is 3.